The molecule has 0 bridgehead atoms. The number of allylic oxidation sites excluding steroid dienone is 8. The highest BCUT2D eigenvalue weighted by atomic mass is 15.4. The number of hydrogen-bond acceptors (Lipinski definition) is 2. The van der Waals surface area contributed by atoms with E-state index in [0.29, 0.717) is 11.8 Å². The van der Waals surface area contributed by atoms with Gasteiger partial charge in [-0.3, -0.25) is 9.13 Å². The maximum Gasteiger partial charge on any atom is 0.241 e. The molecule has 2 unspecified atom stereocenters. The third kappa shape index (κ3) is 3.08. The van der Waals surface area contributed by atoms with Crippen LogP contribution in [0.1, 0.15) is 62.3 Å². The molecule has 0 radical (unpaired) electrons. The summed E-state index contributed by atoms with van der Waals surface area (Å²) in [5, 5.41) is 11.4. The molecule has 4 heteroatoms. The number of nitrogens with zero attached hydrogens (tertiary/aromatic N) is 4. The Kier molecular flexibility index (Phi) is 4.84. The van der Waals surface area contributed by atoms with Gasteiger partial charge in [0, 0.05) is 33.4 Å². The van der Waals surface area contributed by atoms with Crippen LogP contribution in [-0.2, 0) is 11.8 Å². The van der Waals surface area contributed by atoms with Crippen LogP contribution in [0.3, 0.4) is 0 Å². The van der Waals surface area contributed by atoms with Crippen LogP contribution in [0.5, 0.6) is 0 Å². The number of aromatic nitrogens is 4. The van der Waals surface area contributed by atoms with Crippen molar-refractivity contribution in [1.29, 1.82) is 0 Å². The smallest absolute Gasteiger partial charge is 0.241 e. The molecule has 198 valence electrons. The zero-order chi connectivity index (χ0) is 27.2. The monoisotopic (exact) mass is 522 g/mol. The van der Waals surface area contributed by atoms with Gasteiger partial charge in [-0.25, -0.2) is 0 Å². The Morgan fingerprint density at radius 3 is 2.52 bits per heavy atom. The van der Waals surface area contributed by atoms with Gasteiger partial charge in [-0.2, -0.15) is 0 Å². The van der Waals surface area contributed by atoms with Crippen molar-refractivity contribution >= 4 is 34.3 Å². The first-order chi connectivity index (χ1) is 19.4. The number of hydrogen-bond donors (Lipinski definition) is 0. The lowest BCUT2D eigenvalue weighted by Crippen LogP contribution is -2.27. The van der Waals surface area contributed by atoms with E-state index in [9.17, 15) is 0 Å². The van der Waals surface area contributed by atoms with Crippen molar-refractivity contribution in [3.05, 3.63) is 113 Å². The molecule has 40 heavy (non-hydrogen) atoms. The summed E-state index contributed by atoms with van der Waals surface area (Å²) >= 11 is 0. The molecule has 0 aliphatic heterocycles. The molecule has 4 aromatic rings. The van der Waals surface area contributed by atoms with Crippen LogP contribution in [0.4, 0.5) is 0 Å². The van der Waals surface area contributed by atoms with Crippen molar-refractivity contribution < 1.29 is 0 Å². The lowest BCUT2D eigenvalue weighted by atomic mass is 9.73. The highest BCUT2D eigenvalue weighted by molar-refractivity contribution is 5.92. The summed E-state index contributed by atoms with van der Waals surface area (Å²) in [5.74, 6) is 2.60. The second-order valence-corrected chi connectivity index (χ2v) is 12.7. The van der Waals surface area contributed by atoms with E-state index in [1.54, 1.807) is 0 Å². The van der Waals surface area contributed by atoms with Crippen molar-refractivity contribution in [2.45, 2.75) is 46.0 Å². The normalized spacial score (nSPS) is 23.2. The van der Waals surface area contributed by atoms with Crippen LogP contribution in [0, 0.1) is 17.3 Å². The van der Waals surface area contributed by atoms with Crippen LogP contribution < -0.4 is 0 Å². The van der Waals surface area contributed by atoms with Crippen LogP contribution in [-0.4, -0.2) is 19.3 Å². The molecule has 4 nitrogen and oxygen atoms in total. The average Bonchev–Trinajstić information content (AvgIpc) is 3.67. The first-order valence-electron chi connectivity index (χ1n) is 14.5. The van der Waals surface area contributed by atoms with E-state index in [-0.39, 0.29) is 10.8 Å². The van der Waals surface area contributed by atoms with Gasteiger partial charge < -0.3 is 0 Å². The van der Waals surface area contributed by atoms with E-state index < -0.39 is 0 Å². The van der Waals surface area contributed by atoms with Gasteiger partial charge in [-0.05, 0) is 53.7 Å². The molecule has 4 aliphatic rings. The van der Waals surface area contributed by atoms with Crippen molar-refractivity contribution in [3.8, 4) is 5.95 Å². The zero-order valence-electron chi connectivity index (χ0n) is 23.6. The third-order valence-corrected chi connectivity index (χ3v) is 9.82. The predicted molar refractivity (Wildman–Crippen MR) is 165 cm³/mol. The van der Waals surface area contributed by atoms with Gasteiger partial charge in [0.2, 0.25) is 5.95 Å². The summed E-state index contributed by atoms with van der Waals surface area (Å²) in [6, 6.07) is 17.5. The molecule has 0 amide bonds. The molecule has 0 N–H and O–H groups in total. The molecule has 2 aromatic carbocycles. The average molecular weight is 523 g/mol. The molecule has 2 atom stereocenters. The SMILES string of the molecule is CC1(C)C(n2c(C3=CC4C=CC=CC4C3(C)C)nnc2-n2c3c(c4ccccc42)CCC=C3)=Cc2ccccc21. The summed E-state index contributed by atoms with van der Waals surface area (Å²) in [5.41, 5.74) is 8.62. The Hall–Kier alpha value is -4.18. The van der Waals surface area contributed by atoms with Crippen molar-refractivity contribution in [3.63, 3.8) is 0 Å². The Morgan fingerprint density at radius 1 is 0.875 bits per heavy atom. The minimum atomic E-state index is -0.211. The van der Waals surface area contributed by atoms with Gasteiger partial charge >= 0.3 is 0 Å². The van der Waals surface area contributed by atoms with Crippen LogP contribution in [0.2, 0.25) is 0 Å². The van der Waals surface area contributed by atoms with Crippen molar-refractivity contribution in [2.24, 2.45) is 17.3 Å². The van der Waals surface area contributed by atoms with Crippen molar-refractivity contribution in [2.75, 3.05) is 0 Å². The summed E-state index contributed by atoms with van der Waals surface area (Å²) < 4.78 is 4.74. The van der Waals surface area contributed by atoms with Gasteiger partial charge in [-0.15, -0.1) is 10.2 Å². The van der Waals surface area contributed by atoms with E-state index in [0.717, 1.165) is 24.6 Å². The van der Waals surface area contributed by atoms with Gasteiger partial charge in [0.15, 0.2) is 5.82 Å². The fourth-order valence-electron chi connectivity index (χ4n) is 7.68. The zero-order valence-corrected chi connectivity index (χ0v) is 23.6. The minimum absolute atomic E-state index is 0.0811. The van der Waals surface area contributed by atoms with Crippen LogP contribution in [0.15, 0.2) is 85.0 Å². The molecule has 0 spiro atoms. The van der Waals surface area contributed by atoms with Gasteiger partial charge in [0.25, 0.3) is 0 Å². The summed E-state index contributed by atoms with van der Waals surface area (Å²) in [7, 11) is 0. The molecule has 2 aromatic heterocycles. The predicted octanol–water partition coefficient (Wildman–Crippen LogP) is 8.25. The third-order valence-electron chi connectivity index (χ3n) is 9.82. The number of benzene rings is 2. The molecule has 4 aliphatic carbocycles. The molecule has 2 heterocycles. The highest BCUT2D eigenvalue weighted by Crippen LogP contribution is 2.54. The summed E-state index contributed by atoms with van der Waals surface area (Å²) in [6.07, 6.45) is 20.5. The molecular formula is C36H34N4. The van der Waals surface area contributed by atoms with E-state index in [1.807, 2.05) is 0 Å². The van der Waals surface area contributed by atoms with E-state index in [1.165, 1.54) is 44.6 Å². The largest absolute Gasteiger partial charge is 0.278 e. The van der Waals surface area contributed by atoms with Gasteiger partial charge in [0.1, 0.15) is 0 Å². The number of rotatable bonds is 3. The Labute approximate surface area is 235 Å². The first-order valence-corrected chi connectivity index (χ1v) is 14.5. The quantitative estimate of drug-likeness (QED) is 0.272. The maximum absolute atomic E-state index is 5.05. The highest BCUT2D eigenvalue weighted by Gasteiger charge is 2.46. The van der Waals surface area contributed by atoms with Crippen LogP contribution >= 0.6 is 0 Å². The lowest BCUT2D eigenvalue weighted by molar-refractivity contribution is 0.342. The van der Waals surface area contributed by atoms with E-state index in [2.05, 4.69) is 134 Å². The fourth-order valence-corrected chi connectivity index (χ4v) is 7.68. The Morgan fingerprint density at radius 2 is 1.68 bits per heavy atom. The van der Waals surface area contributed by atoms with Gasteiger partial charge in [0.05, 0.1) is 11.2 Å². The first kappa shape index (κ1) is 23.7. The van der Waals surface area contributed by atoms with Gasteiger partial charge in [-0.1, -0.05) is 107 Å². The molecule has 0 saturated heterocycles. The maximum atomic E-state index is 5.05. The molecule has 8 rings (SSSR count). The molecular weight excluding hydrogens is 488 g/mol. The lowest BCUT2D eigenvalue weighted by Gasteiger charge is -2.33. The summed E-state index contributed by atoms with van der Waals surface area (Å²) in [4.78, 5) is 0. The van der Waals surface area contributed by atoms with Crippen LogP contribution in [0.25, 0.3) is 40.3 Å². The Bertz CT molecular complexity index is 1860. The van der Waals surface area contributed by atoms with Crippen molar-refractivity contribution in [1.82, 2.24) is 19.3 Å². The Balaban J connectivity index is 1.44. The van der Waals surface area contributed by atoms with E-state index in [4.69, 9.17) is 10.2 Å². The fraction of sp³-hybridized carbons (Fsp3) is 0.278. The summed E-state index contributed by atoms with van der Waals surface area (Å²) in [6.45, 7) is 9.40. The number of para-hydroxylation sites is 1. The topological polar surface area (TPSA) is 35.6 Å². The molecule has 0 saturated carbocycles. The van der Waals surface area contributed by atoms with E-state index >= 15 is 0 Å². The number of fused-ring (bicyclic) bond motifs is 5. The molecule has 0 fully saturated rings. The second kappa shape index (κ2) is 8.17. The standard InChI is InChI=1S/C36H34N4/c1-35(2)27-17-9-5-13-23(27)21-29(35)33-37-38-34(40(33)32-22-24-14-6-10-18-28(24)36(32,3)4)39-30-19-11-7-15-25(30)26-16-8-12-20-31(26)39/h5-7,9-15,17-23,27H,8,16H2,1-4H3. The number of aryl methyl sites for hydroxylation is 1. The minimum Gasteiger partial charge on any atom is -0.278 e. The second-order valence-electron chi connectivity index (χ2n) is 12.7.